The van der Waals surface area contributed by atoms with Crippen molar-refractivity contribution in [2.24, 2.45) is 5.14 Å². The van der Waals surface area contributed by atoms with Gasteiger partial charge in [-0.1, -0.05) is 37.5 Å². The molecule has 0 bridgehead atoms. The maximum atomic E-state index is 12.0. The Hall–Kier alpha value is -2.70. The fraction of sp³-hybridized carbons (Fsp3) is 0.560. The van der Waals surface area contributed by atoms with Crippen molar-refractivity contribution in [1.82, 2.24) is 10.3 Å². The minimum absolute atomic E-state index is 0.0636. The van der Waals surface area contributed by atoms with Crippen molar-refractivity contribution < 1.29 is 27.5 Å². The predicted octanol–water partition coefficient (Wildman–Crippen LogP) is 5.21. The van der Waals surface area contributed by atoms with E-state index in [4.69, 9.17) is 14.6 Å². The first kappa shape index (κ1) is 32.3. The van der Waals surface area contributed by atoms with E-state index in [0.717, 1.165) is 30.6 Å². The van der Waals surface area contributed by atoms with Gasteiger partial charge in [-0.3, -0.25) is 4.79 Å². The molecule has 208 valence electrons. The maximum absolute atomic E-state index is 12.0. The van der Waals surface area contributed by atoms with Crippen LogP contribution < -0.4 is 20.5 Å². The summed E-state index contributed by atoms with van der Waals surface area (Å²) < 4.78 is 33.6. The molecule has 2 aromatic rings. The van der Waals surface area contributed by atoms with Crippen LogP contribution in [-0.4, -0.2) is 44.7 Å². The molecule has 0 aliphatic heterocycles. The number of hydrogen-bond donors (Lipinski definition) is 3. The van der Waals surface area contributed by atoms with Gasteiger partial charge in [0.2, 0.25) is 15.9 Å². The molecule has 0 saturated carbocycles. The molecule has 0 aliphatic rings. The Balaban J connectivity index is 0.000000580. The number of rotatable bonds is 10. The number of aromatic nitrogens is 1. The van der Waals surface area contributed by atoms with E-state index >= 15 is 0 Å². The zero-order valence-electron chi connectivity index (χ0n) is 22.8. The Bertz CT molecular complexity index is 1140. The highest BCUT2D eigenvalue weighted by Crippen LogP contribution is 2.36. The Morgan fingerprint density at radius 1 is 1.14 bits per heavy atom. The van der Waals surface area contributed by atoms with Crippen LogP contribution in [0.2, 0.25) is 0 Å². The number of aryl methyl sites for hydroxylation is 1. The van der Waals surface area contributed by atoms with Crippen molar-refractivity contribution in [3.05, 3.63) is 23.9 Å². The highest BCUT2D eigenvalue weighted by Gasteiger charge is 2.19. The quantitative estimate of drug-likeness (QED) is 0.340. The van der Waals surface area contributed by atoms with Crippen LogP contribution in [0.3, 0.4) is 0 Å². The lowest BCUT2D eigenvalue weighted by Gasteiger charge is -2.19. The number of nitrogens with zero attached hydrogens (tertiary/aromatic N) is 1. The van der Waals surface area contributed by atoms with E-state index in [1.807, 2.05) is 34.6 Å². The second kappa shape index (κ2) is 14.9. The van der Waals surface area contributed by atoms with Crippen molar-refractivity contribution in [3.63, 3.8) is 0 Å². The van der Waals surface area contributed by atoms with E-state index in [0.29, 0.717) is 29.4 Å². The molecule has 1 aromatic heterocycles. The van der Waals surface area contributed by atoms with Gasteiger partial charge in [-0.15, -0.1) is 0 Å². The van der Waals surface area contributed by atoms with Crippen LogP contribution in [-0.2, 0) is 19.6 Å². The monoisotopic (exact) mass is 556 g/mol. The third kappa shape index (κ3) is 11.9. The highest BCUT2D eigenvalue weighted by molar-refractivity contribution is 7.89. The first-order chi connectivity index (χ1) is 17.2. The normalized spacial score (nSPS) is 11.2. The number of nitrogens with one attached hydrogen (secondary N) is 2. The van der Waals surface area contributed by atoms with Gasteiger partial charge in [0.1, 0.15) is 16.2 Å². The standard InChI is InChI=1S/C18H25N3O4S2.C7H15NO2/c1-4-5-6-7-8-16(22)21-18-20-12(2)17(26-18)13-9-10-14(25-3)15(11-13)27(19,23)24;1-5-8-6(9)10-7(2,3)4/h9-11H,4-8H2,1-3H3,(H2,19,23,24)(H,20,21,22);5H2,1-4H3,(H,8,9). The topological polar surface area (TPSA) is 150 Å². The van der Waals surface area contributed by atoms with Gasteiger partial charge >= 0.3 is 6.09 Å². The van der Waals surface area contributed by atoms with E-state index in [1.54, 1.807) is 12.1 Å². The van der Waals surface area contributed by atoms with Crippen LogP contribution >= 0.6 is 11.3 Å². The number of hydrogen-bond acceptors (Lipinski definition) is 8. The van der Waals surface area contributed by atoms with Gasteiger partial charge in [-0.25, -0.2) is 23.3 Å². The number of anilines is 1. The van der Waals surface area contributed by atoms with Crippen molar-refractivity contribution >= 4 is 38.5 Å². The van der Waals surface area contributed by atoms with Gasteiger partial charge in [-0.2, -0.15) is 0 Å². The SMILES string of the molecule is CCCCCCC(=O)Nc1nc(C)c(-c2ccc(OC)c(S(N)(=O)=O)c2)s1.CCNC(=O)OC(C)(C)C. The molecule has 0 spiro atoms. The number of alkyl carbamates (subject to hydrolysis) is 1. The van der Waals surface area contributed by atoms with Crippen LogP contribution in [0, 0.1) is 6.92 Å². The highest BCUT2D eigenvalue weighted by atomic mass is 32.2. The van der Waals surface area contributed by atoms with Gasteiger partial charge in [0.15, 0.2) is 5.13 Å². The zero-order chi connectivity index (χ0) is 28.2. The number of unbranched alkanes of at least 4 members (excludes halogenated alkanes) is 3. The predicted molar refractivity (Wildman–Crippen MR) is 148 cm³/mol. The molecule has 2 amide bonds. The lowest BCUT2D eigenvalue weighted by Crippen LogP contribution is -2.32. The molecular weight excluding hydrogens is 516 g/mol. The summed E-state index contributed by atoms with van der Waals surface area (Å²) in [5, 5.41) is 11.1. The van der Waals surface area contributed by atoms with E-state index in [1.165, 1.54) is 24.5 Å². The van der Waals surface area contributed by atoms with Gasteiger partial charge in [-0.05, 0) is 64.8 Å². The lowest BCUT2D eigenvalue weighted by molar-refractivity contribution is -0.116. The number of amides is 2. The van der Waals surface area contributed by atoms with Gasteiger partial charge in [0, 0.05) is 13.0 Å². The van der Waals surface area contributed by atoms with Crippen molar-refractivity contribution in [2.75, 3.05) is 19.0 Å². The average Bonchev–Trinajstić information content (AvgIpc) is 3.14. The van der Waals surface area contributed by atoms with Crippen molar-refractivity contribution in [1.29, 1.82) is 0 Å². The Morgan fingerprint density at radius 2 is 1.81 bits per heavy atom. The summed E-state index contributed by atoms with van der Waals surface area (Å²) in [5.74, 6) is 0.121. The van der Waals surface area contributed by atoms with Crippen molar-refractivity contribution in [3.8, 4) is 16.2 Å². The summed E-state index contributed by atoms with van der Waals surface area (Å²) in [6.45, 7) is 11.9. The summed E-state index contributed by atoms with van der Waals surface area (Å²) in [6.07, 6.45) is 4.25. The van der Waals surface area contributed by atoms with Crippen LogP contribution in [0.1, 0.15) is 72.4 Å². The molecule has 0 radical (unpaired) electrons. The second-order valence-electron chi connectivity index (χ2n) is 9.24. The Kier molecular flexibility index (Phi) is 13.0. The number of carbonyl (C=O) groups excluding carboxylic acids is 2. The molecule has 0 fully saturated rings. The number of carbonyl (C=O) groups is 2. The average molecular weight is 557 g/mol. The molecule has 0 atom stereocenters. The first-order valence-corrected chi connectivity index (χ1v) is 14.5. The molecule has 4 N–H and O–H groups in total. The van der Waals surface area contributed by atoms with E-state index in [-0.39, 0.29) is 28.2 Å². The minimum atomic E-state index is -3.93. The number of sulfonamides is 1. The van der Waals surface area contributed by atoms with Crippen LogP contribution in [0.4, 0.5) is 9.93 Å². The van der Waals surface area contributed by atoms with E-state index in [2.05, 4.69) is 22.5 Å². The number of thiazole rings is 1. The smallest absolute Gasteiger partial charge is 0.407 e. The molecule has 10 nitrogen and oxygen atoms in total. The third-order valence-corrected chi connectivity index (χ3v) is 6.81. The largest absolute Gasteiger partial charge is 0.495 e. The molecule has 0 saturated heterocycles. The molecule has 2 rings (SSSR count). The molecule has 37 heavy (non-hydrogen) atoms. The fourth-order valence-electron chi connectivity index (χ4n) is 3.11. The number of nitrogens with two attached hydrogens (primary N) is 1. The zero-order valence-corrected chi connectivity index (χ0v) is 24.4. The van der Waals surface area contributed by atoms with Gasteiger partial charge < -0.3 is 20.1 Å². The molecule has 1 heterocycles. The number of primary sulfonamides is 1. The maximum Gasteiger partial charge on any atom is 0.407 e. The van der Waals surface area contributed by atoms with Crippen LogP contribution in [0.5, 0.6) is 5.75 Å². The van der Waals surface area contributed by atoms with E-state index in [9.17, 15) is 18.0 Å². The summed E-state index contributed by atoms with van der Waals surface area (Å²) in [6, 6.07) is 4.76. The van der Waals surface area contributed by atoms with Crippen LogP contribution in [0.15, 0.2) is 23.1 Å². The first-order valence-electron chi connectivity index (χ1n) is 12.2. The lowest BCUT2D eigenvalue weighted by atomic mass is 10.1. The second-order valence-corrected chi connectivity index (χ2v) is 11.8. The molecule has 12 heteroatoms. The summed E-state index contributed by atoms with van der Waals surface area (Å²) >= 11 is 1.30. The molecule has 0 unspecified atom stereocenters. The Labute approximate surface area is 224 Å². The summed E-state index contributed by atoms with van der Waals surface area (Å²) in [4.78, 5) is 27.8. The summed E-state index contributed by atoms with van der Waals surface area (Å²) in [7, 11) is -2.54. The number of benzene rings is 1. The molecular formula is C25H40N4O6S2. The molecule has 1 aromatic carbocycles. The van der Waals surface area contributed by atoms with Crippen LogP contribution in [0.25, 0.3) is 10.4 Å². The Morgan fingerprint density at radius 3 is 2.35 bits per heavy atom. The minimum Gasteiger partial charge on any atom is -0.495 e. The van der Waals surface area contributed by atoms with Gasteiger partial charge in [0.25, 0.3) is 0 Å². The molecule has 0 aliphatic carbocycles. The van der Waals surface area contributed by atoms with Gasteiger partial charge in [0.05, 0.1) is 17.7 Å². The fourth-order valence-corrected chi connectivity index (χ4v) is 4.81. The third-order valence-electron chi connectivity index (χ3n) is 4.75. The summed E-state index contributed by atoms with van der Waals surface area (Å²) in [5.41, 5.74) is 0.962. The number of methoxy groups -OCH3 is 1. The van der Waals surface area contributed by atoms with E-state index < -0.39 is 10.0 Å². The number of ether oxygens (including phenoxy) is 2. The van der Waals surface area contributed by atoms with Crippen molar-refractivity contribution in [2.45, 2.75) is 84.1 Å².